The topological polar surface area (TPSA) is 50.9 Å². The lowest BCUT2D eigenvalue weighted by molar-refractivity contribution is 0.476. The molecule has 0 unspecified atom stereocenters. The number of rotatable bonds is 1. The molecule has 18 heavy (non-hydrogen) atoms. The van der Waals surface area contributed by atoms with Crippen molar-refractivity contribution in [3.05, 3.63) is 40.2 Å². The zero-order valence-electron chi connectivity index (χ0n) is 9.63. The number of phenols is 1. The molecule has 2 heterocycles. The second-order valence-corrected chi connectivity index (χ2v) is 5.27. The van der Waals surface area contributed by atoms with Crippen LogP contribution in [0.15, 0.2) is 36.7 Å². The zero-order valence-corrected chi connectivity index (χ0v) is 11.8. The second kappa shape index (κ2) is 4.24. The molecule has 4 nitrogen and oxygen atoms in total. The molecule has 0 atom stereocenters. The first-order valence-corrected chi connectivity index (χ1v) is 6.50. The van der Waals surface area contributed by atoms with Gasteiger partial charge in [-0.1, -0.05) is 0 Å². The van der Waals surface area contributed by atoms with Gasteiger partial charge in [0.05, 0.1) is 22.8 Å². The average molecular weight is 351 g/mol. The number of aromatic nitrogens is 3. The number of benzene rings is 1. The molecule has 0 bridgehead atoms. The van der Waals surface area contributed by atoms with Gasteiger partial charge in [-0.25, -0.2) is 4.98 Å². The summed E-state index contributed by atoms with van der Waals surface area (Å²) < 4.78 is 3.00. The van der Waals surface area contributed by atoms with Gasteiger partial charge in [0.1, 0.15) is 11.6 Å². The Labute approximate surface area is 117 Å². The Kier molecular flexibility index (Phi) is 2.70. The van der Waals surface area contributed by atoms with Crippen LogP contribution >= 0.6 is 22.6 Å². The molecule has 3 aromatic rings. The average Bonchev–Trinajstić information content (AvgIpc) is 2.71. The van der Waals surface area contributed by atoms with E-state index in [1.807, 2.05) is 29.8 Å². The van der Waals surface area contributed by atoms with E-state index < -0.39 is 0 Å². The number of pyridine rings is 1. The molecule has 1 N–H and O–H groups in total. The van der Waals surface area contributed by atoms with E-state index in [0.29, 0.717) is 0 Å². The molecule has 0 radical (unpaired) electrons. The van der Waals surface area contributed by atoms with Crippen molar-refractivity contribution in [3.8, 4) is 17.1 Å². The molecule has 0 fully saturated rings. The van der Waals surface area contributed by atoms with E-state index in [2.05, 4.69) is 32.6 Å². The van der Waals surface area contributed by atoms with Crippen LogP contribution in [0.5, 0.6) is 5.75 Å². The third kappa shape index (κ3) is 1.74. The molecule has 0 amide bonds. The van der Waals surface area contributed by atoms with Crippen LogP contribution in [-0.4, -0.2) is 19.6 Å². The van der Waals surface area contributed by atoms with Crippen LogP contribution in [0.2, 0.25) is 0 Å². The van der Waals surface area contributed by atoms with Gasteiger partial charge in [-0.05, 0) is 46.9 Å². The summed E-state index contributed by atoms with van der Waals surface area (Å²) in [6, 6.07) is 7.34. The Bertz CT molecular complexity index is 736. The van der Waals surface area contributed by atoms with Crippen LogP contribution in [0.4, 0.5) is 0 Å². The molecule has 0 aliphatic rings. The number of imidazole rings is 1. The first-order chi connectivity index (χ1) is 8.66. The lowest BCUT2D eigenvalue weighted by Gasteiger charge is -2.05. The molecule has 0 aliphatic carbocycles. The van der Waals surface area contributed by atoms with Crippen LogP contribution in [0.1, 0.15) is 0 Å². The van der Waals surface area contributed by atoms with Gasteiger partial charge in [0.15, 0.2) is 0 Å². The molecule has 90 valence electrons. The van der Waals surface area contributed by atoms with Gasteiger partial charge < -0.3 is 9.67 Å². The highest BCUT2D eigenvalue weighted by molar-refractivity contribution is 14.1. The summed E-state index contributed by atoms with van der Waals surface area (Å²) in [5.41, 5.74) is 2.56. The highest BCUT2D eigenvalue weighted by Crippen LogP contribution is 2.31. The lowest BCUT2D eigenvalue weighted by Crippen LogP contribution is -1.93. The maximum absolute atomic E-state index is 9.97. The van der Waals surface area contributed by atoms with E-state index in [0.717, 1.165) is 26.0 Å². The Morgan fingerprint density at radius 2 is 2.11 bits per heavy atom. The number of phenolic OH excluding ortho intramolecular Hbond substituents is 1. The zero-order chi connectivity index (χ0) is 12.7. The van der Waals surface area contributed by atoms with Gasteiger partial charge in [-0.3, -0.25) is 4.98 Å². The highest BCUT2D eigenvalue weighted by atomic mass is 127. The lowest BCUT2D eigenvalue weighted by atomic mass is 10.2. The third-order valence-electron chi connectivity index (χ3n) is 2.88. The molecule has 3 rings (SSSR count). The van der Waals surface area contributed by atoms with Crippen molar-refractivity contribution in [1.29, 1.82) is 0 Å². The van der Waals surface area contributed by atoms with E-state index in [1.54, 1.807) is 18.5 Å². The summed E-state index contributed by atoms with van der Waals surface area (Å²) in [7, 11) is 1.92. The van der Waals surface area contributed by atoms with Crippen LogP contribution in [0.3, 0.4) is 0 Å². The Hall–Kier alpha value is -1.63. The minimum absolute atomic E-state index is 0.238. The predicted octanol–water partition coefficient (Wildman–Crippen LogP) is 2.95. The first kappa shape index (κ1) is 11.5. The smallest absolute Gasteiger partial charge is 0.144 e. The summed E-state index contributed by atoms with van der Waals surface area (Å²) >= 11 is 2.22. The van der Waals surface area contributed by atoms with Crippen molar-refractivity contribution >= 4 is 33.6 Å². The third-order valence-corrected chi connectivity index (χ3v) is 3.55. The fourth-order valence-electron chi connectivity index (χ4n) is 1.96. The highest BCUT2D eigenvalue weighted by Gasteiger charge is 2.13. The van der Waals surface area contributed by atoms with Gasteiger partial charge in [0, 0.05) is 16.8 Å². The number of halogens is 1. The summed E-state index contributed by atoms with van der Waals surface area (Å²) in [5, 5.41) is 9.97. The fourth-order valence-corrected chi connectivity index (χ4v) is 2.45. The molecule has 5 heteroatoms. The Balaban J connectivity index is 2.31. The van der Waals surface area contributed by atoms with Crippen molar-refractivity contribution in [2.75, 3.05) is 0 Å². The van der Waals surface area contributed by atoms with Gasteiger partial charge >= 0.3 is 0 Å². The summed E-state index contributed by atoms with van der Waals surface area (Å²) in [6.45, 7) is 0. The molecular formula is C13H10IN3O. The number of aryl methyl sites for hydroxylation is 1. The maximum Gasteiger partial charge on any atom is 0.144 e. The molecule has 0 aliphatic heterocycles. The van der Waals surface area contributed by atoms with E-state index in [-0.39, 0.29) is 5.75 Å². The van der Waals surface area contributed by atoms with Crippen molar-refractivity contribution in [2.45, 2.75) is 0 Å². The second-order valence-electron chi connectivity index (χ2n) is 4.02. The van der Waals surface area contributed by atoms with E-state index in [1.165, 1.54) is 0 Å². The minimum atomic E-state index is 0.238. The van der Waals surface area contributed by atoms with E-state index in [9.17, 15) is 5.11 Å². The van der Waals surface area contributed by atoms with Crippen molar-refractivity contribution < 1.29 is 5.11 Å². The van der Waals surface area contributed by atoms with Crippen LogP contribution in [0.25, 0.3) is 22.4 Å². The van der Waals surface area contributed by atoms with Gasteiger partial charge in [-0.15, -0.1) is 0 Å². The minimum Gasteiger partial charge on any atom is -0.507 e. The van der Waals surface area contributed by atoms with Crippen LogP contribution in [-0.2, 0) is 7.05 Å². The number of fused-ring (bicyclic) bond motifs is 1. The molecular weight excluding hydrogens is 341 g/mol. The normalized spacial score (nSPS) is 11.0. The molecule has 1 aromatic carbocycles. The van der Waals surface area contributed by atoms with E-state index >= 15 is 0 Å². The van der Waals surface area contributed by atoms with E-state index in [4.69, 9.17) is 0 Å². The number of hydrogen-bond acceptors (Lipinski definition) is 3. The van der Waals surface area contributed by atoms with Crippen LogP contribution in [0, 0.1) is 3.57 Å². The molecule has 2 aromatic heterocycles. The SMILES string of the molecule is Cn1c(-c2cc(I)ccc2O)nc2ccncc21. The number of aromatic hydroxyl groups is 1. The van der Waals surface area contributed by atoms with Crippen molar-refractivity contribution in [2.24, 2.45) is 7.05 Å². The van der Waals surface area contributed by atoms with Crippen molar-refractivity contribution in [3.63, 3.8) is 0 Å². The quantitative estimate of drug-likeness (QED) is 0.686. The van der Waals surface area contributed by atoms with Gasteiger partial charge in [0.2, 0.25) is 0 Å². The maximum atomic E-state index is 9.97. The van der Waals surface area contributed by atoms with Gasteiger partial charge in [0.25, 0.3) is 0 Å². The predicted molar refractivity (Wildman–Crippen MR) is 78.3 cm³/mol. The molecule has 0 saturated heterocycles. The largest absolute Gasteiger partial charge is 0.507 e. The molecule has 0 spiro atoms. The Morgan fingerprint density at radius 3 is 2.89 bits per heavy atom. The fraction of sp³-hybridized carbons (Fsp3) is 0.0769. The van der Waals surface area contributed by atoms with Gasteiger partial charge in [-0.2, -0.15) is 0 Å². The van der Waals surface area contributed by atoms with Crippen molar-refractivity contribution in [1.82, 2.24) is 14.5 Å². The Morgan fingerprint density at radius 1 is 1.28 bits per heavy atom. The summed E-state index contributed by atoms with van der Waals surface area (Å²) in [5.74, 6) is 0.982. The summed E-state index contributed by atoms with van der Waals surface area (Å²) in [4.78, 5) is 8.64. The standard InChI is InChI=1S/C13H10IN3O/c1-17-11-7-15-5-4-10(11)16-13(17)9-6-8(14)2-3-12(9)18/h2-7,18H,1H3. The van der Waals surface area contributed by atoms with Crippen LogP contribution < -0.4 is 0 Å². The molecule has 0 saturated carbocycles. The first-order valence-electron chi connectivity index (χ1n) is 5.42. The number of hydrogen-bond donors (Lipinski definition) is 1. The monoisotopic (exact) mass is 351 g/mol. The summed E-state index contributed by atoms with van der Waals surface area (Å²) in [6.07, 6.45) is 3.49. The number of nitrogens with zero attached hydrogens (tertiary/aromatic N) is 3.